The van der Waals surface area contributed by atoms with E-state index in [2.05, 4.69) is 6.92 Å². The van der Waals surface area contributed by atoms with Crippen LogP contribution in [0.2, 0.25) is 4.34 Å². The maximum absolute atomic E-state index is 12.0. The molecule has 18 heavy (non-hydrogen) atoms. The summed E-state index contributed by atoms with van der Waals surface area (Å²) in [4.78, 5) is 26.2. The van der Waals surface area contributed by atoms with Crippen LogP contribution in [-0.2, 0) is 4.79 Å². The van der Waals surface area contributed by atoms with Crippen molar-refractivity contribution in [3.8, 4) is 0 Å². The monoisotopic (exact) mass is 285 g/mol. The zero-order chi connectivity index (χ0) is 13.1. The standard InChI is InChI=1S/C13H16ClNO2S/c1-9-2-5-13(17)15(7-6-9)8-10(16)11-3-4-12(14)18-11/h3-4,9H,2,5-8H2,1H3. The molecule has 5 heteroatoms. The van der Waals surface area contributed by atoms with Gasteiger partial charge < -0.3 is 4.90 Å². The van der Waals surface area contributed by atoms with Gasteiger partial charge in [-0.05, 0) is 30.9 Å². The van der Waals surface area contributed by atoms with Crippen molar-refractivity contribution in [1.82, 2.24) is 4.90 Å². The van der Waals surface area contributed by atoms with Crippen LogP contribution < -0.4 is 0 Å². The second kappa shape index (κ2) is 5.85. The first-order chi connectivity index (χ1) is 8.56. The lowest BCUT2D eigenvalue weighted by Gasteiger charge is -2.19. The average molecular weight is 286 g/mol. The molecule has 98 valence electrons. The number of carbonyl (C=O) groups excluding carboxylic acids is 2. The van der Waals surface area contributed by atoms with Crippen molar-refractivity contribution in [3.63, 3.8) is 0 Å². The molecule has 1 aliphatic rings. The third kappa shape index (κ3) is 3.33. The van der Waals surface area contributed by atoms with E-state index in [1.807, 2.05) is 0 Å². The summed E-state index contributed by atoms with van der Waals surface area (Å²) in [5, 5.41) is 0. The molecule has 1 aromatic heterocycles. The van der Waals surface area contributed by atoms with Crippen molar-refractivity contribution in [2.75, 3.05) is 13.1 Å². The van der Waals surface area contributed by atoms with Gasteiger partial charge in [0.15, 0.2) is 5.78 Å². The van der Waals surface area contributed by atoms with Gasteiger partial charge >= 0.3 is 0 Å². The summed E-state index contributed by atoms with van der Waals surface area (Å²) in [5.74, 6) is 0.635. The van der Waals surface area contributed by atoms with Gasteiger partial charge in [-0.2, -0.15) is 0 Å². The number of rotatable bonds is 3. The Kier molecular flexibility index (Phi) is 4.40. The Morgan fingerprint density at radius 1 is 1.50 bits per heavy atom. The summed E-state index contributed by atoms with van der Waals surface area (Å²) in [7, 11) is 0. The van der Waals surface area contributed by atoms with Crippen LogP contribution in [-0.4, -0.2) is 29.7 Å². The Hall–Kier alpha value is -0.870. The first-order valence-corrected chi connectivity index (χ1v) is 7.32. The Morgan fingerprint density at radius 3 is 2.94 bits per heavy atom. The van der Waals surface area contributed by atoms with Crippen LogP contribution in [0, 0.1) is 5.92 Å². The fraction of sp³-hybridized carbons (Fsp3) is 0.538. The summed E-state index contributed by atoms with van der Waals surface area (Å²) >= 11 is 7.08. The minimum atomic E-state index is -0.0187. The fourth-order valence-electron chi connectivity index (χ4n) is 2.06. The minimum Gasteiger partial charge on any atom is -0.335 e. The number of ketones is 1. The lowest BCUT2D eigenvalue weighted by molar-refractivity contribution is -0.130. The van der Waals surface area contributed by atoms with E-state index in [1.54, 1.807) is 17.0 Å². The molecule has 1 atom stereocenters. The number of hydrogen-bond donors (Lipinski definition) is 0. The van der Waals surface area contributed by atoms with Gasteiger partial charge in [-0.15, -0.1) is 11.3 Å². The predicted octanol–water partition coefficient (Wildman–Crippen LogP) is 3.23. The highest BCUT2D eigenvalue weighted by Crippen LogP contribution is 2.23. The molecule has 0 aromatic carbocycles. The number of thiophene rings is 1. The van der Waals surface area contributed by atoms with Gasteiger partial charge in [0.25, 0.3) is 0 Å². The zero-order valence-corrected chi connectivity index (χ0v) is 11.9. The third-order valence-corrected chi connectivity index (χ3v) is 4.55. The molecule has 0 spiro atoms. The van der Waals surface area contributed by atoms with Crippen molar-refractivity contribution in [1.29, 1.82) is 0 Å². The fourth-order valence-corrected chi connectivity index (χ4v) is 3.03. The predicted molar refractivity (Wildman–Crippen MR) is 73.3 cm³/mol. The number of Topliss-reactive ketones (excluding diaryl/α,β-unsaturated/α-hetero) is 1. The van der Waals surface area contributed by atoms with Gasteiger partial charge in [-0.3, -0.25) is 9.59 Å². The second-order valence-corrected chi connectivity index (χ2v) is 6.49. The largest absolute Gasteiger partial charge is 0.335 e. The first-order valence-electron chi connectivity index (χ1n) is 6.12. The molecule has 1 aliphatic heterocycles. The molecule has 2 heterocycles. The van der Waals surface area contributed by atoms with Crippen molar-refractivity contribution in [3.05, 3.63) is 21.3 Å². The van der Waals surface area contributed by atoms with E-state index in [-0.39, 0.29) is 18.2 Å². The summed E-state index contributed by atoms with van der Waals surface area (Å²) in [5.41, 5.74) is 0. The van der Waals surface area contributed by atoms with Crippen LogP contribution in [0.25, 0.3) is 0 Å². The Labute approximate surface area is 116 Å². The Balaban J connectivity index is 1.99. The van der Waals surface area contributed by atoms with E-state index in [1.165, 1.54) is 11.3 Å². The van der Waals surface area contributed by atoms with E-state index in [0.29, 0.717) is 28.1 Å². The Bertz CT molecular complexity index is 458. The van der Waals surface area contributed by atoms with Crippen LogP contribution >= 0.6 is 22.9 Å². The maximum Gasteiger partial charge on any atom is 0.222 e. The maximum atomic E-state index is 12.0. The molecule has 1 aromatic rings. The smallest absolute Gasteiger partial charge is 0.222 e. The van der Waals surface area contributed by atoms with E-state index < -0.39 is 0 Å². The van der Waals surface area contributed by atoms with Crippen LogP contribution in [0.4, 0.5) is 0 Å². The molecule has 0 aliphatic carbocycles. The van der Waals surface area contributed by atoms with Crippen molar-refractivity contribution >= 4 is 34.6 Å². The SMILES string of the molecule is CC1CCC(=O)N(CC(=O)c2ccc(Cl)s2)CC1. The minimum absolute atomic E-state index is 0.0187. The van der Waals surface area contributed by atoms with Gasteiger partial charge in [-0.1, -0.05) is 18.5 Å². The second-order valence-electron chi connectivity index (χ2n) is 4.77. The van der Waals surface area contributed by atoms with Crippen LogP contribution in [0.15, 0.2) is 12.1 Å². The molecule has 1 fully saturated rings. The summed E-state index contributed by atoms with van der Waals surface area (Å²) in [6.45, 7) is 3.02. The molecule has 3 nitrogen and oxygen atoms in total. The van der Waals surface area contributed by atoms with E-state index in [4.69, 9.17) is 11.6 Å². The number of likely N-dealkylation sites (tertiary alicyclic amines) is 1. The van der Waals surface area contributed by atoms with Gasteiger partial charge in [0, 0.05) is 13.0 Å². The molecular weight excluding hydrogens is 270 g/mol. The summed E-state index contributed by atoms with van der Waals surface area (Å²) < 4.78 is 0.606. The van der Waals surface area contributed by atoms with Gasteiger partial charge in [0.2, 0.25) is 5.91 Å². The van der Waals surface area contributed by atoms with Crippen molar-refractivity contribution in [2.45, 2.75) is 26.2 Å². The lowest BCUT2D eigenvalue weighted by Crippen LogP contribution is -2.35. The van der Waals surface area contributed by atoms with Crippen LogP contribution in [0.5, 0.6) is 0 Å². The number of nitrogens with zero attached hydrogens (tertiary/aromatic N) is 1. The number of halogens is 1. The molecule has 0 radical (unpaired) electrons. The normalized spacial score (nSPS) is 20.9. The molecule has 0 saturated carbocycles. The highest BCUT2D eigenvalue weighted by Gasteiger charge is 2.23. The highest BCUT2D eigenvalue weighted by atomic mass is 35.5. The van der Waals surface area contributed by atoms with Crippen LogP contribution in [0.1, 0.15) is 35.9 Å². The molecule has 0 N–H and O–H groups in total. The molecule has 2 rings (SSSR count). The van der Waals surface area contributed by atoms with Gasteiger partial charge in [0.1, 0.15) is 0 Å². The molecular formula is C13H16ClNO2S. The molecule has 1 saturated heterocycles. The van der Waals surface area contributed by atoms with E-state index in [0.717, 1.165) is 12.8 Å². The summed E-state index contributed by atoms with van der Waals surface area (Å²) in [6.07, 6.45) is 2.46. The number of carbonyl (C=O) groups is 2. The van der Waals surface area contributed by atoms with E-state index >= 15 is 0 Å². The lowest BCUT2D eigenvalue weighted by atomic mass is 10.0. The van der Waals surface area contributed by atoms with Gasteiger partial charge in [0.05, 0.1) is 15.8 Å². The van der Waals surface area contributed by atoms with Crippen LogP contribution in [0.3, 0.4) is 0 Å². The topological polar surface area (TPSA) is 37.4 Å². The molecule has 1 unspecified atom stereocenters. The molecule has 0 bridgehead atoms. The van der Waals surface area contributed by atoms with Gasteiger partial charge in [-0.25, -0.2) is 0 Å². The quantitative estimate of drug-likeness (QED) is 0.800. The van der Waals surface area contributed by atoms with Crippen molar-refractivity contribution < 1.29 is 9.59 Å². The Morgan fingerprint density at radius 2 is 2.28 bits per heavy atom. The zero-order valence-electron chi connectivity index (χ0n) is 10.3. The third-order valence-electron chi connectivity index (χ3n) is 3.28. The van der Waals surface area contributed by atoms with Crippen molar-refractivity contribution in [2.24, 2.45) is 5.92 Å². The first kappa shape index (κ1) is 13.6. The molecule has 1 amide bonds. The highest BCUT2D eigenvalue weighted by molar-refractivity contribution is 7.18. The van der Waals surface area contributed by atoms with E-state index in [9.17, 15) is 9.59 Å². The average Bonchev–Trinajstić information content (AvgIpc) is 2.71. The number of amides is 1. The number of hydrogen-bond acceptors (Lipinski definition) is 3. The summed E-state index contributed by atoms with van der Waals surface area (Å²) in [6, 6.07) is 3.44.